The SMILES string of the molecule is CCCN(CC(=O)Nc1ccccc1C)C(=O)COC(=O)c1ccc(OC)c(S(N)(=O)=O)c1. The van der Waals surface area contributed by atoms with Crippen molar-refractivity contribution in [3.63, 3.8) is 0 Å². The van der Waals surface area contributed by atoms with Crippen LogP contribution in [0.1, 0.15) is 29.3 Å². The fourth-order valence-corrected chi connectivity index (χ4v) is 3.69. The number of aryl methyl sites for hydroxylation is 1. The molecule has 0 aliphatic heterocycles. The number of esters is 1. The lowest BCUT2D eigenvalue weighted by molar-refractivity contribution is -0.137. The minimum atomic E-state index is -4.15. The summed E-state index contributed by atoms with van der Waals surface area (Å²) in [6.07, 6.45) is 0.591. The maximum Gasteiger partial charge on any atom is 0.338 e. The number of rotatable bonds is 10. The van der Waals surface area contributed by atoms with Crippen molar-refractivity contribution in [2.45, 2.75) is 25.2 Å². The number of para-hydroxylation sites is 1. The molecule has 0 radical (unpaired) electrons. The van der Waals surface area contributed by atoms with Gasteiger partial charge in [0.15, 0.2) is 6.61 Å². The van der Waals surface area contributed by atoms with Crippen LogP contribution < -0.4 is 15.2 Å². The number of ether oxygens (including phenoxy) is 2. The number of anilines is 1. The van der Waals surface area contributed by atoms with Gasteiger partial charge in [0.05, 0.1) is 19.2 Å². The number of primary sulfonamides is 1. The molecule has 2 rings (SSSR count). The Bertz CT molecular complexity index is 1130. The third kappa shape index (κ3) is 7.29. The summed E-state index contributed by atoms with van der Waals surface area (Å²) in [5, 5.41) is 7.90. The van der Waals surface area contributed by atoms with Crippen LogP contribution in [0, 0.1) is 6.92 Å². The number of carbonyl (C=O) groups is 3. The van der Waals surface area contributed by atoms with Crippen LogP contribution in [-0.4, -0.2) is 57.9 Å². The van der Waals surface area contributed by atoms with Crippen LogP contribution in [0.5, 0.6) is 5.75 Å². The van der Waals surface area contributed by atoms with Crippen LogP contribution in [0.25, 0.3) is 0 Å². The highest BCUT2D eigenvalue weighted by molar-refractivity contribution is 7.89. The quantitative estimate of drug-likeness (QED) is 0.495. The highest BCUT2D eigenvalue weighted by Gasteiger charge is 2.21. The molecule has 0 atom stereocenters. The van der Waals surface area contributed by atoms with Crippen LogP contribution in [-0.2, 0) is 24.3 Å². The number of nitrogens with two attached hydrogens (primary N) is 1. The van der Waals surface area contributed by atoms with Gasteiger partial charge in [-0.25, -0.2) is 18.4 Å². The molecule has 178 valence electrons. The zero-order chi connectivity index (χ0) is 24.6. The Morgan fingerprint density at radius 3 is 2.42 bits per heavy atom. The normalized spacial score (nSPS) is 10.9. The largest absolute Gasteiger partial charge is 0.495 e. The first-order valence-electron chi connectivity index (χ1n) is 10.1. The van der Waals surface area contributed by atoms with Crippen LogP contribution in [0.2, 0.25) is 0 Å². The van der Waals surface area contributed by atoms with Gasteiger partial charge in [-0.15, -0.1) is 0 Å². The second kappa shape index (κ2) is 11.4. The molecule has 2 aromatic rings. The minimum Gasteiger partial charge on any atom is -0.495 e. The molecule has 0 aromatic heterocycles. The van der Waals surface area contributed by atoms with Gasteiger partial charge in [-0.05, 0) is 43.2 Å². The molecule has 3 N–H and O–H groups in total. The first-order chi connectivity index (χ1) is 15.6. The molecule has 0 saturated carbocycles. The molecule has 11 heteroatoms. The Balaban J connectivity index is 2.03. The Hall–Kier alpha value is -3.44. The van der Waals surface area contributed by atoms with E-state index in [1.54, 1.807) is 12.1 Å². The number of benzene rings is 2. The van der Waals surface area contributed by atoms with E-state index < -0.39 is 28.5 Å². The van der Waals surface area contributed by atoms with Crippen molar-refractivity contribution in [3.05, 3.63) is 53.6 Å². The lowest BCUT2D eigenvalue weighted by Crippen LogP contribution is -2.40. The molecule has 0 saturated heterocycles. The molecule has 10 nitrogen and oxygen atoms in total. The molecule has 0 spiro atoms. The molecule has 2 aromatic carbocycles. The van der Waals surface area contributed by atoms with E-state index in [4.69, 9.17) is 14.6 Å². The van der Waals surface area contributed by atoms with Crippen molar-refractivity contribution in [2.75, 3.05) is 32.1 Å². The monoisotopic (exact) mass is 477 g/mol. The van der Waals surface area contributed by atoms with Crippen LogP contribution in [0.3, 0.4) is 0 Å². The lowest BCUT2D eigenvalue weighted by atomic mass is 10.2. The molecule has 0 aliphatic rings. The van der Waals surface area contributed by atoms with E-state index >= 15 is 0 Å². The summed E-state index contributed by atoms with van der Waals surface area (Å²) in [5.41, 5.74) is 1.40. The van der Waals surface area contributed by atoms with Gasteiger partial charge in [0.1, 0.15) is 10.6 Å². The molecule has 0 bridgehead atoms. The predicted molar refractivity (Wildman–Crippen MR) is 121 cm³/mol. The van der Waals surface area contributed by atoms with Crippen LogP contribution >= 0.6 is 0 Å². The number of sulfonamides is 1. The fraction of sp³-hybridized carbons (Fsp3) is 0.318. The average Bonchev–Trinajstić information content (AvgIpc) is 2.77. The lowest BCUT2D eigenvalue weighted by Gasteiger charge is -2.21. The van der Waals surface area contributed by atoms with Gasteiger partial charge >= 0.3 is 5.97 Å². The van der Waals surface area contributed by atoms with Crippen molar-refractivity contribution in [3.8, 4) is 5.75 Å². The standard InChI is InChI=1S/C22H27N3O7S/c1-4-11-25(13-20(26)24-17-8-6-5-7-15(17)2)21(27)14-32-22(28)16-9-10-18(31-3)19(12-16)33(23,29)30/h5-10,12H,4,11,13-14H2,1-3H3,(H,24,26)(H2,23,29,30). The molecule has 0 aliphatic carbocycles. The third-order valence-corrected chi connectivity index (χ3v) is 5.56. The third-order valence-electron chi connectivity index (χ3n) is 4.63. The number of methoxy groups -OCH3 is 1. The number of hydrogen-bond acceptors (Lipinski definition) is 7. The van der Waals surface area contributed by atoms with Crippen molar-refractivity contribution in [1.29, 1.82) is 0 Å². The maximum atomic E-state index is 12.6. The van der Waals surface area contributed by atoms with Crippen molar-refractivity contribution < 1.29 is 32.3 Å². The molecule has 0 unspecified atom stereocenters. The molecule has 0 heterocycles. The van der Waals surface area contributed by atoms with E-state index in [2.05, 4.69) is 5.32 Å². The summed E-state index contributed by atoms with van der Waals surface area (Å²) in [4.78, 5) is 38.3. The van der Waals surface area contributed by atoms with Gasteiger partial charge in [0.25, 0.3) is 5.91 Å². The zero-order valence-corrected chi connectivity index (χ0v) is 19.5. The first kappa shape index (κ1) is 25.8. The Labute approximate surface area is 192 Å². The first-order valence-corrected chi connectivity index (χ1v) is 11.6. The van der Waals surface area contributed by atoms with Gasteiger partial charge in [0, 0.05) is 12.2 Å². The van der Waals surface area contributed by atoms with E-state index in [1.165, 1.54) is 24.1 Å². The summed E-state index contributed by atoms with van der Waals surface area (Å²) < 4.78 is 33.4. The van der Waals surface area contributed by atoms with Crippen molar-refractivity contribution >= 4 is 33.5 Å². The number of amides is 2. The number of nitrogens with one attached hydrogen (secondary N) is 1. The van der Waals surface area contributed by atoms with Gasteiger partial charge < -0.3 is 19.7 Å². The molecular formula is C22H27N3O7S. The second-order valence-electron chi connectivity index (χ2n) is 7.17. The highest BCUT2D eigenvalue weighted by Crippen LogP contribution is 2.24. The van der Waals surface area contributed by atoms with E-state index in [1.807, 2.05) is 26.0 Å². The summed E-state index contributed by atoms with van der Waals surface area (Å²) >= 11 is 0. The highest BCUT2D eigenvalue weighted by atomic mass is 32.2. The topological polar surface area (TPSA) is 145 Å². The second-order valence-corrected chi connectivity index (χ2v) is 8.70. The van der Waals surface area contributed by atoms with Gasteiger partial charge in [0.2, 0.25) is 15.9 Å². The summed E-state index contributed by atoms with van der Waals surface area (Å²) in [5.74, 6) is -1.90. The summed E-state index contributed by atoms with van der Waals surface area (Å²) in [6.45, 7) is 3.15. The van der Waals surface area contributed by atoms with Gasteiger partial charge in [-0.2, -0.15) is 0 Å². The number of carbonyl (C=O) groups excluding carboxylic acids is 3. The Morgan fingerprint density at radius 1 is 1.12 bits per heavy atom. The van der Waals surface area contributed by atoms with Crippen molar-refractivity contribution in [2.24, 2.45) is 5.14 Å². The summed E-state index contributed by atoms with van der Waals surface area (Å²) in [6, 6.07) is 10.8. The molecular weight excluding hydrogens is 450 g/mol. The van der Waals surface area contributed by atoms with Crippen LogP contribution in [0.4, 0.5) is 5.69 Å². The maximum absolute atomic E-state index is 12.6. The summed E-state index contributed by atoms with van der Waals surface area (Å²) in [7, 11) is -2.89. The number of hydrogen-bond donors (Lipinski definition) is 2. The minimum absolute atomic E-state index is 0.0288. The van der Waals surface area contributed by atoms with Crippen LogP contribution in [0.15, 0.2) is 47.4 Å². The fourth-order valence-electron chi connectivity index (χ4n) is 2.97. The molecule has 0 fully saturated rings. The van der Waals surface area contributed by atoms with Gasteiger partial charge in [-0.3, -0.25) is 9.59 Å². The van der Waals surface area contributed by atoms with Gasteiger partial charge in [-0.1, -0.05) is 25.1 Å². The van der Waals surface area contributed by atoms with E-state index in [0.717, 1.165) is 11.6 Å². The smallest absolute Gasteiger partial charge is 0.338 e. The molecule has 33 heavy (non-hydrogen) atoms. The number of nitrogens with zero attached hydrogens (tertiary/aromatic N) is 1. The average molecular weight is 478 g/mol. The molecule has 2 amide bonds. The Morgan fingerprint density at radius 2 is 1.82 bits per heavy atom. The Kier molecular flexibility index (Phi) is 8.94. The van der Waals surface area contributed by atoms with E-state index in [9.17, 15) is 22.8 Å². The van der Waals surface area contributed by atoms with Crippen molar-refractivity contribution in [1.82, 2.24) is 4.90 Å². The van der Waals surface area contributed by atoms with E-state index in [0.29, 0.717) is 12.1 Å². The predicted octanol–water partition coefficient (Wildman–Crippen LogP) is 1.69. The zero-order valence-electron chi connectivity index (χ0n) is 18.7. The van der Waals surface area contributed by atoms with E-state index in [-0.39, 0.29) is 35.2 Å².